The van der Waals surface area contributed by atoms with Gasteiger partial charge in [0.15, 0.2) is 6.29 Å². The molecule has 26 heavy (non-hydrogen) atoms. The summed E-state index contributed by atoms with van der Waals surface area (Å²) in [6.45, 7) is 2.71. The van der Waals surface area contributed by atoms with Crippen LogP contribution in [0.2, 0.25) is 0 Å². The monoisotopic (exact) mass is 355 g/mol. The third-order valence-electron chi connectivity index (χ3n) is 5.36. The van der Waals surface area contributed by atoms with Crippen LogP contribution in [0.5, 0.6) is 0 Å². The summed E-state index contributed by atoms with van der Waals surface area (Å²) in [5, 5.41) is 11.4. The highest BCUT2D eigenvalue weighted by molar-refractivity contribution is 5.33. The van der Waals surface area contributed by atoms with E-state index in [-0.39, 0.29) is 6.29 Å². The fourth-order valence-electron chi connectivity index (χ4n) is 3.79. The van der Waals surface area contributed by atoms with Crippen LogP contribution in [0.25, 0.3) is 0 Å². The van der Waals surface area contributed by atoms with Crippen molar-refractivity contribution in [2.75, 3.05) is 27.3 Å². The van der Waals surface area contributed by atoms with Crippen molar-refractivity contribution in [2.45, 2.75) is 37.7 Å². The fourth-order valence-corrected chi connectivity index (χ4v) is 3.79. The van der Waals surface area contributed by atoms with Gasteiger partial charge in [-0.25, -0.2) is 0 Å². The summed E-state index contributed by atoms with van der Waals surface area (Å²) in [7, 11) is 3.29. The van der Waals surface area contributed by atoms with Gasteiger partial charge < -0.3 is 14.6 Å². The first-order chi connectivity index (χ1) is 12.6. The van der Waals surface area contributed by atoms with Crippen molar-refractivity contribution in [1.82, 2.24) is 4.90 Å². The van der Waals surface area contributed by atoms with Crippen molar-refractivity contribution in [3.05, 3.63) is 71.3 Å². The fraction of sp³-hybridized carbons (Fsp3) is 0.455. The van der Waals surface area contributed by atoms with E-state index < -0.39 is 5.60 Å². The van der Waals surface area contributed by atoms with E-state index in [1.54, 1.807) is 14.2 Å². The molecule has 0 radical (unpaired) electrons. The van der Waals surface area contributed by atoms with E-state index in [1.807, 2.05) is 24.3 Å². The molecule has 1 N–H and O–H groups in total. The van der Waals surface area contributed by atoms with Gasteiger partial charge in [0.1, 0.15) is 0 Å². The first-order valence-corrected chi connectivity index (χ1v) is 9.27. The highest BCUT2D eigenvalue weighted by Crippen LogP contribution is 2.35. The lowest BCUT2D eigenvalue weighted by molar-refractivity contribution is -0.101. The maximum Gasteiger partial charge on any atom is 0.160 e. The van der Waals surface area contributed by atoms with E-state index in [0.29, 0.717) is 6.42 Å². The average molecular weight is 355 g/mol. The number of likely N-dealkylation sites (tertiary alicyclic amines) is 1. The van der Waals surface area contributed by atoms with Crippen LogP contribution in [0.15, 0.2) is 54.6 Å². The second kappa shape index (κ2) is 8.78. The Morgan fingerprint density at radius 3 is 2.23 bits per heavy atom. The third kappa shape index (κ3) is 4.51. The van der Waals surface area contributed by atoms with Crippen molar-refractivity contribution in [2.24, 2.45) is 0 Å². The maximum atomic E-state index is 11.4. The van der Waals surface area contributed by atoms with E-state index in [0.717, 1.165) is 43.6 Å². The van der Waals surface area contributed by atoms with E-state index >= 15 is 0 Å². The normalized spacial score (nSPS) is 17.5. The molecule has 1 heterocycles. The van der Waals surface area contributed by atoms with Crippen LogP contribution in [-0.2, 0) is 28.0 Å². The quantitative estimate of drug-likeness (QED) is 0.774. The molecule has 0 spiro atoms. The number of piperidine rings is 1. The summed E-state index contributed by atoms with van der Waals surface area (Å²) in [6.07, 6.45) is 1.82. The van der Waals surface area contributed by atoms with Gasteiger partial charge in [-0.15, -0.1) is 0 Å². The van der Waals surface area contributed by atoms with Gasteiger partial charge in [0.2, 0.25) is 0 Å². The van der Waals surface area contributed by atoms with Gasteiger partial charge in [0.05, 0.1) is 5.60 Å². The molecule has 140 valence electrons. The standard InChI is InChI=1S/C22H29NO3/c1-25-21(26-2)16-19-10-6-7-11-20(19)22(24)12-14-23(15-13-22)17-18-8-4-3-5-9-18/h3-11,21,24H,12-17H2,1-2H3. The molecule has 0 saturated carbocycles. The maximum absolute atomic E-state index is 11.4. The molecule has 0 aliphatic carbocycles. The number of hydrogen-bond donors (Lipinski definition) is 1. The van der Waals surface area contributed by atoms with E-state index in [1.165, 1.54) is 5.56 Å². The summed E-state index contributed by atoms with van der Waals surface area (Å²) in [5.74, 6) is 0. The lowest BCUT2D eigenvalue weighted by Gasteiger charge is -2.39. The van der Waals surface area contributed by atoms with Gasteiger partial charge in [-0.1, -0.05) is 54.6 Å². The number of ether oxygens (including phenoxy) is 2. The van der Waals surface area contributed by atoms with Crippen LogP contribution in [0.3, 0.4) is 0 Å². The third-order valence-corrected chi connectivity index (χ3v) is 5.36. The Balaban J connectivity index is 1.68. The minimum Gasteiger partial charge on any atom is -0.385 e. The average Bonchev–Trinajstić information content (AvgIpc) is 2.69. The topological polar surface area (TPSA) is 41.9 Å². The van der Waals surface area contributed by atoms with Crippen LogP contribution >= 0.6 is 0 Å². The highest BCUT2D eigenvalue weighted by Gasteiger charge is 2.35. The molecule has 0 atom stereocenters. The molecule has 4 nitrogen and oxygen atoms in total. The molecular formula is C22H29NO3. The molecular weight excluding hydrogens is 326 g/mol. The molecule has 1 aliphatic heterocycles. The van der Waals surface area contributed by atoms with Crippen molar-refractivity contribution in [3.63, 3.8) is 0 Å². The number of rotatable bonds is 7. The molecule has 0 amide bonds. The van der Waals surface area contributed by atoms with Crippen LogP contribution < -0.4 is 0 Å². The summed E-state index contributed by atoms with van der Waals surface area (Å²) < 4.78 is 10.7. The lowest BCUT2D eigenvalue weighted by Crippen LogP contribution is -2.42. The minimum atomic E-state index is -0.782. The molecule has 1 fully saturated rings. The number of aliphatic hydroxyl groups is 1. The number of hydrogen-bond acceptors (Lipinski definition) is 4. The van der Waals surface area contributed by atoms with Crippen molar-refractivity contribution >= 4 is 0 Å². The number of methoxy groups -OCH3 is 2. The predicted octanol–water partition coefficient (Wildman–Crippen LogP) is 3.33. The van der Waals surface area contributed by atoms with Gasteiger partial charge in [0.25, 0.3) is 0 Å². The SMILES string of the molecule is COC(Cc1ccccc1C1(O)CCN(Cc2ccccc2)CC1)OC. The first-order valence-electron chi connectivity index (χ1n) is 9.27. The van der Waals surface area contributed by atoms with Crippen LogP contribution in [0, 0.1) is 0 Å². The van der Waals surface area contributed by atoms with E-state index in [9.17, 15) is 5.11 Å². The second-order valence-corrected chi connectivity index (χ2v) is 7.06. The Hall–Kier alpha value is -1.72. The van der Waals surface area contributed by atoms with Gasteiger partial charge >= 0.3 is 0 Å². The molecule has 2 aromatic carbocycles. The molecule has 1 saturated heterocycles. The summed E-state index contributed by atoms with van der Waals surface area (Å²) >= 11 is 0. The molecule has 0 bridgehead atoms. The zero-order valence-electron chi connectivity index (χ0n) is 15.7. The highest BCUT2D eigenvalue weighted by atomic mass is 16.7. The summed E-state index contributed by atoms with van der Waals surface area (Å²) in [4.78, 5) is 2.42. The molecule has 1 aliphatic rings. The zero-order valence-corrected chi connectivity index (χ0v) is 15.7. The Kier molecular flexibility index (Phi) is 6.43. The van der Waals surface area contributed by atoms with Crippen LogP contribution in [0.4, 0.5) is 0 Å². The lowest BCUT2D eigenvalue weighted by atomic mass is 9.81. The molecule has 4 heteroatoms. The van der Waals surface area contributed by atoms with Crippen molar-refractivity contribution in [3.8, 4) is 0 Å². The molecule has 0 aromatic heterocycles. The number of benzene rings is 2. The van der Waals surface area contributed by atoms with Gasteiger partial charge in [-0.2, -0.15) is 0 Å². The summed E-state index contributed by atoms with van der Waals surface area (Å²) in [5.41, 5.74) is 2.65. The Morgan fingerprint density at radius 2 is 1.58 bits per heavy atom. The Bertz CT molecular complexity index is 677. The molecule has 0 unspecified atom stereocenters. The molecule has 3 rings (SSSR count). The smallest absolute Gasteiger partial charge is 0.160 e. The first kappa shape index (κ1) is 19.1. The Labute approximate surface area is 156 Å². The zero-order chi connectivity index (χ0) is 18.4. The van der Waals surface area contributed by atoms with Crippen molar-refractivity contribution < 1.29 is 14.6 Å². The molecule has 2 aromatic rings. The minimum absolute atomic E-state index is 0.294. The van der Waals surface area contributed by atoms with Crippen LogP contribution in [-0.4, -0.2) is 43.6 Å². The number of nitrogens with zero attached hydrogens (tertiary/aromatic N) is 1. The van der Waals surface area contributed by atoms with Gasteiger partial charge in [0, 0.05) is 40.3 Å². The van der Waals surface area contributed by atoms with Crippen molar-refractivity contribution in [1.29, 1.82) is 0 Å². The van der Waals surface area contributed by atoms with Gasteiger partial charge in [-0.05, 0) is 29.5 Å². The van der Waals surface area contributed by atoms with E-state index in [2.05, 4.69) is 35.2 Å². The predicted molar refractivity (Wildman–Crippen MR) is 103 cm³/mol. The largest absolute Gasteiger partial charge is 0.385 e. The van der Waals surface area contributed by atoms with Gasteiger partial charge in [-0.3, -0.25) is 4.90 Å². The summed E-state index contributed by atoms with van der Waals surface area (Å²) in [6, 6.07) is 18.6. The second-order valence-electron chi connectivity index (χ2n) is 7.06. The Morgan fingerprint density at radius 1 is 0.962 bits per heavy atom. The van der Waals surface area contributed by atoms with Crippen LogP contribution in [0.1, 0.15) is 29.5 Å². The van der Waals surface area contributed by atoms with E-state index in [4.69, 9.17) is 9.47 Å².